The van der Waals surface area contributed by atoms with Crippen molar-refractivity contribution in [3.8, 4) is 0 Å². The molecule has 1 aliphatic heterocycles. The molecule has 16 heavy (non-hydrogen) atoms. The maximum absolute atomic E-state index is 11.1. The Morgan fingerprint density at radius 2 is 2.31 bits per heavy atom. The van der Waals surface area contributed by atoms with E-state index in [0.717, 1.165) is 6.54 Å². The molecule has 2 heterocycles. The highest BCUT2D eigenvalue weighted by Crippen LogP contribution is 2.38. The largest absolute Gasteiger partial charge is 0.481 e. The SMILES string of the molecule is O=C(O)C1CNCC1c1cc2c(s1)CCC2. The van der Waals surface area contributed by atoms with Crippen LogP contribution in [0.15, 0.2) is 6.07 Å². The first-order chi connectivity index (χ1) is 7.75. The van der Waals surface area contributed by atoms with Gasteiger partial charge < -0.3 is 10.4 Å². The molecule has 0 radical (unpaired) electrons. The molecule has 0 spiro atoms. The fourth-order valence-electron chi connectivity index (χ4n) is 2.77. The van der Waals surface area contributed by atoms with Gasteiger partial charge in [0.1, 0.15) is 0 Å². The number of carboxylic acid groups (broad SMARTS) is 1. The van der Waals surface area contributed by atoms with E-state index in [1.807, 2.05) is 11.3 Å². The third kappa shape index (κ3) is 1.57. The van der Waals surface area contributed by atoms with Gasteiger partial charge in [0.15, 0.2) is 0 Å². The van der Waals surface area contributed by atoms with Crippen molar-refractivity contribution >= 4 is 17.3 Å². The van der Waals surface area contributed by atoms with Crippen LogP contribution in [-0.2, 0) is 17.6 Å². The van der Waals surface area contributed by atoms with Crippen molar-refractivity contribution < 1.29 is 9.90 Å². The molecule has 1 aliphatic carbocycles. The van der Waals surface area contributed by atoms with Crippen molar-refractivity contribution in [2.75, 3.05) is 13.1 Å². The van der Waals surface area contributed by atoms with Crippen LogP contribution in [0.4, 0.5) is 0 Å². The Kier molecular flexibility index (Phi) is 2.48. The van der Waals surface area contributed by atoms with Gasteiger partial charge in [0.25, 0.3) is 0 Å². The van der Waals surface area contributed by atoms with Crippen LogP contribution in [-0.4, -0.2) is 24.2 Å². The van der Waals surface area contributed by atoms with Crippen LogP contribution in [0, 0.1) is 5.92 Å². The highest BCUT2D eigenvalue weighted by atomic mass is 32.1. The Morgan fingerprint density at radius 1 is 1.44 bits per heavy atom. The van der Waals surface area contributed by atoms with E-state index in [1.165, 1.54) is 34.6 Å². The zero-order chi connectivity index (χ0) is 11.1. The van der Waals surface area contributed by atoms with Gasteiger partial charge in [-0.1, -0.05) is 0 Å². The fourth-order valence-corrected chi connectivity index (χ4v) is 4.20. The van der Waals surface area contributed by atoms with Crippen molar-refractivity contribution in [3.63, 3.8) is 0 Å². The summed E-state index contributed by atoms with van der Waals surface area (Å²) in [5.74, 6) is -0.713. The number of rotatable bonds is 2. The number of aliphatic carboxylic acids is 1. The van der Waals surface area contributed by atoms with Gasteiger partial charge in [-0.2, -0.15) is 0 Å². The molecule has 86 valence electrons. The van der Waals surface area contributed by atoms with E-state index in [1.54, 1.807) is 0 Å². The van der Waals surface area contributed by atoms with E-state index >= 15 is 0 Å². The van der Waals surface area contributed by atoms with Gasteiger partial charge in [0, 0.05) is 28.8 Å². The summed E-state index contributed by atoms with van der Waals surface area (Å²) in [6.07, 6.45) is 3.65. The molecule has 2 aliphatic rings. The molecule has 1 fully saturated rings. The highest BCUT2D eigenvalue weighted by molar-refractivity contribution is 7.12. The van der Waals surface area contributed by atoms with E-state index in [0.29, 0.717) is 6.54 Å². The summed E-state index contributed by atoms with van der Waals surface area (Å²) in [6.45, 7) is 1.43. The summed E-state index contributed by atoms with van der Waals surface area (Å²) < 4.78 is 0. The second kappa shape index (κ2) is 3.86. The minimum Gasteiger partial charge on any atom is -0.481 e. The predicted octanol–water partition coefficient (Wildman–Crippen LogP) is 1.62. The number of carbonyl (C=O) groups is 1. The minimum absolute atomic E-state index is 0.188. The predicted molar refractivity (Wildman–Crippen MR) is 63.1 cm³/mol. The van der Waals surface area contributed by atoms with Crippen molar-refractivity contribution in [3.05, 3.63) is 21.4 Å². The molecule has 3 rings (SSSR count). The summed E-state index contributed by atoms with van der Waals surface area (Å²) in [6, 6.07) is 2.25. The lowest BCUT2D eigenvalue weighted by Crippen LogP contribution is -2.20. The van der Waals surface area contributed by atoms with Gasteiger partial charge in [0.05, 0.1) is 5.92 Å². The Labute approximate surface area is 98.5 Å². The molecular weight excluding hydrogens is 222 g/mol. The second-order valence-electron chi connectivity index (χ2n) is 4.66. The number of thiophene rings is 1. The van der Waals surface area contributed by atoms with Crippen LogP contribution in [0.5, 0.6) is 0 Å². The molecule has 2 N–H and O–H groups in total. The molecule has 4 heteroatoms. The van der Waals surface area contributed by atoms with Crippen molar-refractivity contribution in [2.45, 2.75) is 25.2 Å². The van der Waals surface area contributed by atoms with Gasteiger partial charge in [-0.15, -0.1) is 11.3 Å². The molecule has 0 aromatic carbocycles. The van der Waals surface area contributed by atoms with Crippen LogP contribution < -0.4 is 5.32 Å². The Hall–Kier alpha value is -0.870. The van der Waals surface area contributed by atoms with E-state index in [4.69, 9.17) is 5.11 Å². The van der Waals surface area contributed by atoms with Crippen molar-refractivity contribution in [2.24, 2.45) is 5.92 Å². The van der Waals surface area contributed by atoms with Gasteiger partial charge >= 0.3 is 5.97 Å². The summed E-state index contributed by atoms with van der Waals surface area (Å²) in [5, 5.41) is 12.3. The number of fused-ring (bicyclic) bond motifs is 1. The zero-order valence-corrected chi connectivity index (χ0v) is 9.85. The lowest BCUT2D eigenvalue weighted by atomic mass is 9.94. The number of nitrogens with one attached hydrogen (secondary N) is 1. The fraction of sp³-hybridized carbons (Fsp3) is 0.583. The van der Waals surface area contributed by atoms with Crippen molar-refractivity contribution in [1.29, 1.82) is 0 Å². The number of carboxylic acids is 1. The van der Waals surface area contributed by atoms with Gasteiger partial charge in [-0.3, -0.25) is 4.79 Å². The third-order valence-electron chi connectivity index (χ3n) is 3.66. The smallest absolute Gasteiger partial charge is 0.308 e. The topological polar surface area (TPSA) is 49.3 Å². The highest BCUT2D eigenvalue weighted by Gasteiger charge is 2.35. The maximum Gasteiger partial charge on any atom is 0.308 e. The molecule has 0 saturated carbocycles. The maximum atomic E-state index is 11.1. The Balaban J connectivity index is 1.88. The average molecular weight is 237 g/mol. The monoisotopic (exact) mass is 237 g/mol. The van der Waals surface area contributed by atoms with E-state index in [2.05, 4.69) is 11.4 Å². The summed E-state index contributed by atoms with van der Waals surface area (Å²) in [7, 11) is 0. The minimum atomic E-state index is -0.663. The van der Waals surface area contributed by atoms with Crippen LogP contribution in [0.25, 0.3) is 0 Å². The summed E-state index contributed by atoms with van der Waals surface area (Å²) in [5.41, 5.74) is 1.47. The van der Waals surface area contributed by atoms with E-state index < -0.39 is 5.97 Å². The van der Waals surface area contributed by atoms with Crippen LogP contribution >= 0.6 is 11.3 Å². The molecule has 2 atom stereocenters. The Bertz CT molecular complexity index is 405. The average Bonchev–Trinajstić information content (AvgIpc) is 2.91. The molecule has 0 amide bonds. The first-order valence-electron chi connectivity index (χ1n) is 5.80. The number of hydrogen-bond acceptors (Lipinski definition) is 3. The first kappa shape index (κ1) is 10.3. The standard InChI is InChI=1S/C12H15NO2S/c14-12(15)9-6-13-5-8(9)11-4-7-2-1-3-10(7)16-11/h4,8-9,13H,1-3,5-6H2,(H,14,15). The quantitative estimate of drug-likeness (QED) is 0.822. The van der Waals surface area contributed by atoms with E-state index in [9.17, 15) is 4.79 Å². The van der Waals surface area contributed by atoms with Crippen LogP contribution in [0.3, 0.4) is 0 Å². The molecular formula is C12H15NO2S. The number of hydrogen-bond donors (Lipinski definition) is 2. The first-order valence-corrected chi connectivity index (χ1v) is 6.62. The van der Waals surface area contributed by atoms with Gasteiger partial charge in [-0.25, -0.2) is 0 Å². The van der Waals surface area contributed by atoms with Crippen LogP contribution in [0.2, 0.25) is 0 Å². The van der Waals surface area contributed by atoms with E-state index in [-0.39, 0.29) is 11.8 Å². The zero-order valence-electron chi connectivity index (χ0n) is 9.03. The molecule has 3 nitrogen and oxygen atoms in total. The van der Waals surface area contributed by atoms with Crippen molar-refractivity contribution in [1.82, 2.24) is 5.32 Å². The van der Waals surface area contributed by atoms with Gasteiger partial charge in [0.2, 0.25) is 0 Å². The van der Waals surface area contributed by atoms with Gasteiger partial charge in [-0.05, 0) is 30.9 Å². The Morgan fingerprint density at radius 3 is 3.06 bits per heavy atom. The summed E-state index contributed by atoms with van der Waals surface area (Å²) >= 11 is 1.84. The normalized spacial score (nSPS) is 28.2. The number of aryl methyl sites for hydroxylation is 2. The van der Waals surface area contributed by atoms with Crippen LogP contribution in [0.1, 0.15) is 27.7 Å². The second-order valence-corrected chi connectivity index (χ2v) is 5.83. The molecule has 1 saturated heterocycles. The lowest BCUT2D eigenvalue weighted by Gasteiger charge is -2.12. The molecule has 1 aromatic heterocycles. The molecule has 2 unspecified atom stereocenters. The third-order valence-corrected chi connectivity index (χ3v) is 5.03. The summed E-state index contributed by atoms with van der Waals surface area (Å²) in [4.78, 5) is 13.9. The lowest BCUT2D eigenvalue weighted by molar-refractivity contribution is -0.141. The molecule has 0 bridgehead atoms. The molecule has 1 aromatic rings.